The second kappa shape index (κ2) is 32.1. The van der Waals surface area contributed by atoms with Crippen LogP contribution in [0.3, 0.4) is 0 Å². The lowest BCUT2D eigenvalue weighted by molar-refractivity contribution is -0.660. The minimum Gasteiger partial charge on any atom is -0.455 e. The molecule has 666 valence electrons. The molecule has 134 heavy (non-hydrogen) atoms. The normalized spacial score (nSPS) is 14.6. The Kier molecular flexibility index (Phi) is 20.6. The van der Waals surface area contributed by atoms with Gasteiger partial charge in [-0.05, 0) is 288 Å². The third-order valence-electron chi connectivity index (χ3n) is 31.7. The molecule has 8 aromatic heterocycles. The first-order chi connectivity index (χ1) is 64.6. The summed E-state index contributed by atoms with van der Waals surface area (Å²) < 4.78 is 35.6. The highest BCUT2D eigenvalue weighted by Gasteiger charge is 2.48. The maximum Gasteiger partial charge on any atom is 0.216 e. The molecule has 0 saturated heterocycles. The molecule has 0 bridgehead atoms. The van der Waals surface area contributed by atoms with Gasteiger partial charge < -0.3 is 17.7 Å². The second-order valence-electron chi connectivity index (χ2n) is 41.5. The lowest BCUT2D eigenvalue weighted by Crippen LogP contribution is -2.30. The number of furan rings is 4. The molecule has 0 aliphatic heterocycles. The van der Waals surface area contributed by atoms with Gasteiger partial charge in [0.2, 0.25) is 22.8 Å². The van der Waals surface area contributed by atoms with Gasteiger partial charge in [0.25, 0.3) is 0 Å². The van der Waals surface area contributed by atoms with Crippen molar-refractivity contribution in [2.24, 2.45) is 40.0 Å². The zero-order chi connectivity index (χ0) is 92.8. The van der Waals surface area contributed by atoms with Crippen LogP contribution in [-0.4, -0.2) is 0 Å². The van der Waals surface area contributed by atoms with E-state index in [0.29, 0.717) is 11.8 Å². The Morgan fingerprint density at radius 3 is 0.948 bits per heavy atom. The molecule has 5 aliphatic carbocycles. The molecule has 5 aliphatic rings. The number of benzene rings is 12. The van der Waals surface area contributed by atoms with Gasteiger partial charge in [-0.25, -0.2) is 18.3 Å². The van der Waals surface area contributed by atoms with Crippen LogP contribution in [0.1, 0.15) is 196 Å². The summed E-state index contributed by atoms with van der Waals surface area (Å²) in [5, 5.41) is 9.68. The van der Waals surface area contributed by atoms with Gasteiger partial charge in [-0.15, -0.1) is 0 Å². The van der Waals surface area contributed by atoms with E-state index in [9.17, 15) is 0 Å². The average Bonchev–Trinajstić information content (AvgIpc) is 1.54. The molecule has 8 heteroatoms. The van der Waals surface area contributed by atoms with Crippen molar-refractivity contribution in [3.05, 3.63) is 356 Å². The van der Waals surface area contributed by atoms with Crippen LogP contribution in [0.4, 0.5) is 0 Å². The smallest absolute Gasteiger partial charge is 0.216 e. The van der Waals surface area contributed by atoms with Crippen LogP contribution in [0.15, 0.2) is 285 Å². The standard InChI is InChI=1S/C35H38NO.C31H28NO.C31H30NO.C29H26NO/c1-21(2)19-35(20-22(3)4)29-11-9-8-10-25(29)27-18-32-28(17-30(27)35)26-13-12-24(6)33(34(26)37-32)31-16-23(5)14-15-36(31)7;1-19-12-15-32(3)27(16-19)29-20(2)10-11-22-24-17-26-23(18-28(24)33-30(22)29)21-8-4-5-9-25(21)31(26)13-6-7-14-31;1-6-31(7-2)25-11-9-8-10-21(25)23-17-24-22-13-12-20(4)29(27-16-19(3)14-15-32(27)5)30(22)33-28(24)18-26(23)31;1-17-12-13-30(5)25(14-17)27-18(2)10-11-20-22-15-21-19-8-6-7-9-23(19)29(3,4)24(21)16-26(22)31-28(20)27/h8-18,21-22H,19-20H2,1-7H3;4-5,8-12,15-18H,6-7,13-14H2,1-3H3;8-18H,6-7H2,1-5H3;6-16H,1-5H3/q4*+1. The van der Waals surface area contributed by atoms with Crippen molar-refractivity contribution in [2.45, 2.75) is 184 Å². The minimum atomic E-state index is -0.0270. The molecule has 8 heterocycles. The van der Waals surface area contributed by atoms with Gasteiger partial charge in [-0.1, -0.05) is 214 Å². The van der Waals surface area contributed by atoms with Gasteiger partial charge in [-0.3, -0.25) is 0 Å². The fourth-order valence-electron chi connectivity index (χ4n) is 25.2. The topological polar surface area (TPSA) is 68.1 Å². The number of hydrogen-bond acceptors (Lipinski definition) is 4. The van der Waals surface area contributed by atoms with Crippen LogP contribution in [0.25, 0.3) is 177 Å². The molecule has 1 saturated carbocycles. The number of aryl methyl sites for hydroxylation is 12. The average molecular weight is 1760 g/mol. The molecule has 0 amide bonds. The maximum absolute atomic E-state index is 6.77. The van der Waals surface area contributed by atoms with E-state index in [4.69, 9.17) is 17.7 Å². The van der Waals surface area contributed by atoms with Gasteiger partial charge in [0, 0.05) is 113 Å². The van der Waals surface area contributed by atoms with Crippen molar-refractivity contribution in [1.82, 2.24) is 0 Å². The summed E-state index contributed by atoms with van der Waals surface area (Å²) in [6.07, 6.45) is 18.1. The fourth-order valence-corrected chi connectivity index (χ4v) is 25.2. The van der Waals surface area contributed by atoms with Gasteiger partial charge in [-0.2, -0.15) is 0 Å². The highest BCUT2D eigenvalue weighted by atomic mass is 16.3. The quantitative estimate of drug-likeness (QED) is 0.128. The molecule has 0 unspecified atom stereocenters. The number of hydrogen-bond donors (Lipinski definition) is 0. The van der Waals surface area contributed by atoms with E-state index in [1.807, 2.05) is 0 Å². The van der Waals surface area contributed by atoms with E-state index < -0.39 is 0 Å². The molecule has 0 N–H and O–H groups in total. The van der Waals surface area contributed by atoms with Crippen LogP contribution >= 0.6 is 0 Å². The van der Waals surface area contributed by atoms with E-state index in [2.05, 4.69) is 425 Å². The van der Waals surface area contributed by atoms with E-state index in [0.717, 1.165) is 70.3 Å². The van der Waals surface area contributed by atoms with Crippen molar-refractivity contribution in [3.63, 3.8) is 0 Å². The largest absolute Gasteiger partial charge is 0.455 e. The van der Waals surface area contributed by atoms with Gasteiger partial charge >= 0.3 is 0 Å². The third kappa shape index (κ3) is 13.2. The van der Waals surface area contributed by atoms with E-state index in [1.54, 1.807) is 0 Å². The lowest BCUT2D eigenvalue weighted by Gasteiger charge is -2.35. The molecule has 0 radical (unpaired) electrons. The summed E-state index contributed by atoms with van der Waals surface area (Å²) in [7, 11) is 8.44. The summed E-state index contributed by atoms with van der Waals surface area (Å²) in [6.45, 7) is 36.1. The van der Waals surface area contributed by atoms with Crippen molar-refractivity contribution in [3.8, 4) is 89.5 Å². The number of pyridine rings is 4. The van der Waals surface area contributed by atoms with Crippen LogP contribution in [-0.2, 0) is 49.9 Å². The molecule has 1 fully saturated rings. The van der Waals surface area contributed by atoms with Crippen LogP contribution in [0, 0.1) is 67.2 Å². The Morgan fingerprint density at radius 1 is 0.276 bits per heavy atom. The number of aromatic nitrogens is 4. The van der Waals surface area contributed by atoms with E-state index in [1.165, 1.54) is 247 Å². The summed E-state index contributed by atoms with van der Waals surface area (Å²) >= 11 is 0. The van der Waals surface area contributed by atoms with Gasteiger partial charge in [0.1, 0.15) is 72.9 Å². The van der Waals surface area contributed by atoms with E-state index in [-0.39, 0.29) is 21.7 Å². The highest BCUT2D eigenvalue weighted by Crippen LogP contribution is 2.62. The van der Waals surface area contributed by atoms with Crippen molar-refractivity contribution >= 4 is 87.8 Å². The molecule has 20 aromatic rings. The van der Waals surface area contributed by atoms with Gasteiger partial charge in [0.05, 0.1) is 22.3 Å². The molecule has 1 spiro atoms. The second-order valence-corrected chi connectivity index (χ2v) is 41.5. The van der Waals surface area contributed by atoms with Crippen molar-refractivity contribution < 1.29 is 35.9 Å². The zero-order valence-electron chi connectivity index (χ0n) is 81.6. The SMILES string of the molecule is CCC1(CC)c2ccccc2-c2cc3c(cc21)oc1c(-c2cc(C)cc[n+]2C)c(C)ccc13.Cc1cc[n+](C)c(-c2c(C)ccc3c2oc2cc4c(cc23)-c2ccccc2C4(C)C)c1.Cc1cc[n+](C)c(-c2c(C)ccc3c2oc2cc4c(cc23)C(CC(C)C)(CC(C)C)c2ccccc2-4)c1.Cc1cc[n+](C)c(-c2c(C)ccc3c2oc2cc4c(cc23)C2(CCCC2)c2ccccc2-4)c1. The Labute approximate surface area is 788 Å². The molecular formula is C126H122N4O4+4. The summed E-state index contributed by atoms with van der Waals surface area (Å²) in [5.74, 6) is 1.20. The first-order valence-electron chi connectivity index (χ1n) is 48.9. The van der Waals surface area contributed by atoms with Crippen LogP contribution in [0.2, 0.25) is 0 Å². The lowest BCUT2D eigenvalue weighted by atomic mass is 9.68. The first kappa shape index (κ1) is 85.9. The molecular weight excluding hydrogens is 1630 g/mol. The maximum atomic E-state index is 6.77. The highest BCUT2D eigenvalue weighted by molar-refractivity contribution is 6.16. The number of nitrogens with zero attached hydrogens (tertiary/aromatic N) is 4. The molecule has 25 rings (SSSR count). The van der Waals surface area contributed by atoms with Crippen LogP contribution in [0.5, 0.6) is 0 Å². The van der Waals surface area contributed by atoms with Crippen LogP contribution < -0.4 is 18.3 Å². The van der Waals surface area contributed by atoms with E-state index >= 15 is 0 Å². The number of rotatable bonds is 10. The number of fused-ring (bicyclic) bond motifs is 26. The fraction of sp³-hybridized carbons (Fsp3) is 0.270. The Hall–Kier alpha value is -13.6. The Bertz CT molecular complexity index is 8220. The minimum absolute atomic E-state index is 0.0270. The van der Waals surface area contributed by atoms with Crippen molar-refractivity contribution in [1.29, 1.82) is 0 Å². The summed E-state index contributed by atoms with van der Waals surface area (Å²) in [4.78, 5) is 0. The predicted octanol–water partition coefficient (Wildman–Crippen LogP) is 31.4. The molecule has 0 atom stereocenters. The Balaban J connectivity index is 0.000000104. The predicted molar refractivity (Wildman–Crippen MR) is 553 cm³/mol. The zero-order valence-corrected chi connectivity index (χ0v) is 81.6. The first-order valence-corrected chi connectivity index (χ1v) is 48.9. The summed E-state index contributed by atoms with van der Waals surface area (Å²) in [5.41, 5.74) is 50.2. The van der Waals surface area contributed by atoms with Crippen molar-refractivity contribution in [2.75, 3.05) is 0 Å². The molecule has 8 nitrogen and oxygen atoms in total. The summed E-state index contributed by atoms with van der Waals surface area (Å²) in [6, 6.07) is 90.4. The third-order valence-corrected chi connectivity index (χ3v) is 31.7. The Morgan fingerprint density at radius 2 is 0.567 bits per heavy atom. The monoisotopic (exact) mass is 1750 g/mol. The van der Waals surface area contributed by atoms with Gasteiger partial charge in [0.15, 0.2) is 24.8 Å². The molecule has 12 aromatic carbocycles.